The molecule has 0 radical (unpaired) electrons. The second-order valence-electron chi connectivity index (χ2n) is 5.54. The molecule has 0 aliphatic heterocycles. The Balaban J connectivity index is 2.06. The lowest BCUT2D eigenvalue weighted by Gasteiger charge is -2.16. The van der Waals surface area contributed by atoms with E-state index in [9.17, 15) is 13.2 Å². The van der Waals surface area contributed by atoms with Crippen LogP contribution in [-0.2, 0) is 0 Å². The van der Waals surface area contributed by atoms with E-state index in [-0.39, 0.29) is 22.4 Å². The minimum atomic E-state index is -1.06. The zero-order valence-electron chi connectivity index (χ0n) is 12.2. The van der Waals surface area contributed by atoms with E-state index in [0.29, 0.717) is 23.3 Å². The SMILES string of the molecule is Fc1cc(F)c(-c2c(Cl)nc3nccnc3c2NC2CC2)c(F)c1. The van der Waals surface area contributed by atoms with Crippen LogP contribution in [0.25, 0.3) is 22.3 Å². The second-order valence-corrected chi connectivity index (χ2v) is 5.90. The van der Waals surface area contributed by atoms with Crippen LogP contribution in [0.15, 0.2) is 24.5 Å². The molecule has 4 nitrogen and oxygen atoms in total. The zero-order chi connectivity index (χ0) is 16.8. The quantitative estimate of drug-likeness (QED) is 0.714. The van der Waals surface area contributed by atoms with Crippen molar-refractivity contribution in [2.24, 2.45) is 0 Å². The van der Waals surface area contributed by atoms with Gasteiger partial charge in [0.05, 0.1) is 16.8 Å². The maximum atomic E-state index is 14.3. The highest BCUT2D eigenvalue weighted by molar-refractivity contribution is 6.33. The van der Waals surface area contributed by atoms with Crippen molar-refractivity contribution in [1.82, 2.24) is 15.0 Å². The number of benzene rings is 1. The molecule has 0 unspecified atom stereocenters. The van der Waals surface area contributed by atoms with Crippen molar-refractivity contribution < 1.29 is 13.2 Å². The van der Waals surface area contributed by atoms with Gasteiger partial charge in [0.2, 0.25) is 0 Å². The summed E-state index contributed by atoms with van der Waals surface area (Å²) in [4.78, 5) is 12.3. The molecule has 8 heteroatoms. The molecule has 0 atom stereocenters. The third kappa shape index (κ3) is 2.54. The number of hydrogen-bond acceptors (Lipinski definition) is 4. The number of nitrogens with zero attached hydrogens (tertiary/aromatic N) is 3. The third-order valence-corrected chi connectivity index (χ3v) is 4.03. The molecule has 1 aromatic carbocycles. The van der Waals surface area contributed by atoms with Gasteiger partial charge in [-0.25, -0.2) is 28.1 Å². The average Bonchev–Trinajstić information content (AvgIpc) is 3.33. The molecule has 2 aromatic heterocycles. The molecule has 1 saturated carbocycles. The molecule has 0 spiro atoms. The Bertz CT molecular complexity index is 936. The third-order valence-electron chi connectivity index (χ3n) is 3.76. The van der Waals surface area contributed by atoms with Crippen molar-refractivity contribution in [3.8, 4) is 11.1 Å². The highest BCUT2D eigenvalue weighted by Crippen LogP contribution is 2.42. The highest BCUT2D eigenvalue weighted by Gasteiger charge is 2.28. The van der Waals surface area contributed by atoms with Gasteiger partial charge in [0.25, 0.3) is 0 Å². The zero-order valence-corrected chi connectivity index (χ0v) is 12.9. The minimum absolute atomic E-state index is 0.0200. The number of fused-ring (bicyclic) bond motifs is 1. The normalized spacial score (nSPS) is 14.2. The standard InChI is InChI=1S/C16H10ClF3N4/c17-15-12(11-9(19)5-7(18)6-10(11)20)13(23-8-1-2-8)14-16(24-15)22-4-3-21-14/h3-6,8H,1-2H2,(H,22,23,24). The lowest BCUT2D eigenvalue weighted by molar-refractivity contribution is 0.548. The minimum Gasteiger partial charge on any atom is -0.380 e. The van der Waals surface area contributed by atoms with Crippen molar-refractivity contribution in [2.45, 2.75) is 18.9 Å². The van der Waals surface area contributed by atoms with Crippen molar-refractivity contribution in [1.29, 1.82) is 0 Å². The van der Waals surface area contributed by atoms with E-state index < -0.39 is 23.0 Å². The molecule has 1 aliphatic carbocycles. The van der Waals surface area contributed by atoms with Gasteiger partial charge in [0, 0.05) is 30.6 Å². The maximum Gasteiger partial charge on any atom is 0.181 e. The van der Waals surface area contributed by atoms with E-state index in [1.165, 1.54) is 12.4 Å². The van der Waals surface area contributed by atoms with Gasteiger partial charge in [-0.05, 0) is 12.8 Å². The fraction of sp³-hybridized carbons (Fsp3) is 0.188. The second kappa shape index (κ2) is 5.59. The van der Waals surface area contributed by atoms with E-state index in [4.69, 9.17) is 11.6 Å². The first-order chi connectivity index (χ1) is 11.5. The van der Waals surface area contributed by atoms with Gasteiger partial charge in [-0.3, -0.25) is 0 Å². The van der Waals surface area contributed by atoms with Gasteiger partial charge < -0.3 is 5.32 Å². The number of nitrogens with one attached hydrogen (secondary N) is 1. The Morgan fingerprint density at radius 3 is 2.33 bits per heavy atom. The van der Waals surface area contributed by atoms with Crippen LogP contribution in [0.2, 0.25) is 5.15 Å². The molecule has 1 N–H and O–H groups in total. The summed E-state index contributed by atoms with van der Waals surface area (Å²) >= 11 is 6.18. The molecule has 0 saturated heterocycles. The molecule has 0 bridgehead atoms. The fourth-order valence-corrected chi connectivity index (χ4v) is 2.81. The molecular weight excluding hydrogens is 341 g/mol. The largest absolute Gasteiger partial charge is 0.380 e. The van der Waals surface area contributed by atoms with Crippen LogP contribution in [0.4, 0.5) is 18.9 Å². The number of rotatable bonds is 3. The van der Waals surface area contributed by atoms with Crippen LogP contribution >= 0.6 is 11.6 Å². The Morgan fingerprint density at radius 2 is 1.67 bits per heavy atom. The van der Waals surface area contributed by atoms with Gasteiger partial charge in [-0.15, -0.1) is 0 Å². The van der Waals surface area contributed by atoms with Gasteiger partial charge in [-0.1, -0.05) is 11.6 Å². The number of halogens is 4. The first-order valence-electron chi connectivity index (χ1n) is 7.26. The van der Waals surface area contributed by atoms with Crippen LogP contribution in [0, 0.1) is 17.5 Å². The summed E-state index contributed by atoms with van der Waals surface area (Å²) in [6, 6.07) is 1.38. The number of pyridine rings is 1. The Kier molecular flexibility index (Phi) is 3.53. The lowest BCUT2D eigenvalue weighted by atomic mass is 10.0. The average molecular weight is 351 g/mol. The monoisotopic (exact) mass is 350 g/mol. The van der Waals surface area contributed by atoms with Crippen LogP contribution < -0.4 is 5.32 Å². The smallest absolute Gasteiger partial charge is 0.181 e. The van der Waals surface area contributed by atoms with E-state index in [2.05, 4.69) is 20.3 Å². The summed E-state index contributed by atoms with van der Waals surface area (Å²) < 4.78 is 41.8. The first-order valence-corrected chi connectivity index (χ1v) is 7.64. The predicted octanol–water partition coefficient (Wildman–Crippen LogP) is 4.34. The summed E-state index contributed by atoms with van der Waals surface area (Å²) in [6.07, 6.45) is 4.76. The Hall–Kier alpha value is -2.41. The van der Waals surface area contributed by atoms with E-state index in [1.54, 1.807) is 0 Å². The van der Waals surface area contributed by atoms with Crippen LogP contribution in [0.5, 0.6) is 0 Å². The number of aromatic nitrogens is 3. The van der Waals surface area contributed by atoms with Gasteiger partial charge >= 0.3 is 0 Å². The van der Waals surface area contributed by atoms with E-state index >= 15 is 0 Å². The molecule has 2 heterocycles. The van der Waals surface area contributed by atoms with Crippen molar-refractivity contribution in [3.05, 3.63) is 47.1 Å². The summed E-state index contributed by atoms with van der Waals surface area (Å²) in [5, 5.41) is 3.05. The van der Waals surface area contributed by atoms with Crippen molar-refractivity contribution >= 4 is 28.5 Å². The van der Waals surface area contributed by atoms with Crippen LogP contribution in [0.1, 0.15) is 12.8 Å². The fourth-order valence-electron chi connectivity index (χ4n) is 2.54. The Labute approximate surface area is 139 Å². The molecule has 122 valence electrons. The summed E-state index contributed by atoms with van der Waals surface area (Å²) in [6.45, 7) is 0. The summed E-state index contributed by atoms with van der Waals surface area (Å²) in [5.41, 5.74) is 0.547. The van der Waals surface area contributed by atoms with Gasteiger partial charge in [-0.2, -0.15) is 0 Å². The van der Waals surface area contributed by atoms with Crippen molar-refractivity contribution in [3.63, 3.8) is 0 Å². The van der Waals surface area contributed by atoms with Gasteiger partial charge in [0.1, 0.15) is 28.1 Å². The molecular formula is C16H10ClF3N4. The molecule has 3 aromatic rings. The first kappa shape index (κ1) is 15.1. The summed E-state index contributed by atoms with van der Waals surface area (Å²) in [7, 11) is 0. The van der Waals surface area contributed by atoms with Crippen LogP contribution in [0.3, 0.4) is 0 Å². The topological polar surface area (TPSA) is 50.7 Å². The van der Waals surface area contributed by atoms with Crippen LogP contribution in [-0.4, -0.2) is 21.0 Å². The van der Waals surface area contributed by atoms with Gasteiger partial charge in [0.15, 0.2) is 5.65 Å². The highest BCUT2D eigenvalue weighted by atomic mass is 35.5. The summed E-state index contributed by atoms with van der Waals surface area (Å²) in [5.74, 6) is -3.12. The lowest BCUT2D eigenvalue weighted by Crippen LogP contribution is -2.07. The van der Waals surface area contributed by atoms with Crippen molar-refractivity contribution in [2.75, 3.05) is 5.32 Å². The number of anilines is 1. The molecule has 1 aliphatic rings. The maximum absolute atomic E-state index is 14.3. The molecule has 0 amide bonds. The number of hydrogen-bond donors (Lipinski definition) is 1. The van der Waals surface area contributed by atoms with E-state index in [0.717, 1.165) is 12.8 Å². The molecule has 4 rings (SSSR count). The van der Waals surface area contributed by atoms with E-state index in [1.807, 2.05) is 0 Å². The Morgan fingerprint density at radius 1 is 1.00 bits per heavy atom. The molecule has 24 heavy (non-hydrogen) atoms. The molecule has 1 fully saturated rings. The predicted molar refractivity (Wildman–Crippen MR) is 84.3 cm³/mol.